The third kappa shape index (κ3) is 7.05. The molecule has 0 aliphatic carbocycles. The van der Waals surface area contributed by atoms with Gasteiger partial charge in [-0.25, -0.2) is 0 Å². The van der Waals surface area contributed by atoms with Crippen molar-refractivity contribution in [1.29, 1.82) is 0 Å². The molecule has 0 atom stereocenters. The SMILES string of the molecule is C=C/C(=C\c1c(C)c(C)c(-c2ccc(/C(N)=C/C=C\CC(/C=C\N)=C/C)cc2C=C)n1-c1ccccc1)c1ccc2ccccc2c1. The second-order valence-corrected chi connectivity index (χ2v) is 11.5. The Morgan fingerprint density at radius 2 is 1.55 bits per heavy atom. The van der Waals surface area contributed by atoms with Crippen molar-refractivity contribution >= 4 is 34.2 Å². The van der Waals surface area contributed by atoms with E-state index in [0.717, 1.165) is 56.9 Å². The van der Waals surface area contributed by atoms with E-state index < -0.39 is 0 Å². The van der Waals surface area contributed by atoms with Crippen LogP contribution in [-0.4, -0.2) is 4.57 Å². The van der Waals surface area contributed by atoms with Crippen LogP contribution in [0.1, 0.15) is 46.9 Å². The molecule has 0 spiro atoms. The molecule has 0 saturated heterocycles. The van der Waals surface area contributed by atoms with Crippen molar-refractivity contribution in [2.24, 2.45) is 11.5 Å². The summed E-state index contributed by atoms with van der Waals surface area (Å²) in [6.45, 7) is 14.8. The molecule has 0 fully saturated rings. The average molecular weight is 614 g/mol. The van der Waals surface area contributed by atoms with Gasteiger partial charge in [0, 0.05) is 16.9 Å². The van der Waals surface area contributed by atoms with Gasteiger partial charge in [-0.3, -0.25) is 0 Å². The Morgan fingerprint density at radius 1 is 0.830 bits per heavy atom. The minimum absolute atomic E-state index is 0.688. The highest BCUT2D eigenvalue weighted by molar-refractivity contribution is 5.94. The van der Waals surface area contributed by atoms with Crippen LogP contribution in [0.3, 0.4) is 0 Å². The molecule has 0 amide bonds. The molecular weight excluding hydrogens is 571 g/mol. The first-order chi connectivity index (χ1) is 22.9. The van der Waals surface area contributed by atoms with Gasteiger partial charge in [-0.15, -0.1) is 0 Å². The fraction of sp³-hybridized carbons (Fsp3) is 0.0909. The first kappa shape index (κ1) is 32.6. The molecule has 0 unspecified atom stereocenters. The summed E-state index contributed by atoms with van der Waals surface area (Å²) in [5.41, 5.74) is 24.9. The number of hydrogen-bond acceptors (Lipinski definition) is 2. The summed E-state index contributed by atoms with van der Waals surface area (Å²) in [7, 11) is 0. The van der Waals surface area contributed by atoms with Gasteiger partial charge in [-0.2, -0.15) is 0 Å². The van der Waals surface area contributed by atoms with Gasteiger partial charge >= 0.3 is 0 Å². The van der Waals surface area contributed by atoms with Crippen LogP contribution in [0.25, 0.3) is 51.1 Å². The Balaban J connectivity index is 1.62. The van der Waals surface area contributed by atoms with Gasteiger partial charge in [0.15, 0.2) is 0 Å². The van der Waals surface area contributed by atoms with Crippen molar-refractivity contribution in [3.05, 3.63) is 186 Å². The first-order valence-electron chi connectivity index (χ1n) is 15.9. The molecule has 47 heavy (non-hydrogen) atoms. The smallest absolute Gasteiger partial charge is 0.0572 e. The lowest BCUT2D eigenvalue weighted by Crippen LogP contribution is -2.02. The molecule has 0 saturated carbocycles. The maximum Gasteiger partial charge on any atom is 0.0572 e. The van der Waals surface area contributed by atoms with Gasteiger partial charge in [0.2, 0.25) is 0 Å². The summed E-state index contributed by atoms with van der Waals surface area (Å²) in [5, 5.41) is 2.42. The zero-order valence-corrected chi connectivity index (χ0v) is 27.6. The maximum absolute atomic E-state index is 6.56. The third-order valence-electron chi connectivity index (χ3n) is 8.68. The van der Waals surface area contributed by atoms with E-state index >= 15 is 0 Å². The van der Waals surface area contributed by atoms with E-state index in [1.807, 2.05) is 49.4 Å². The lowest BCUT2D eigenvalue weighted by atomic mass is 9.97. The largest absolute Gasteiger partial charge is 0.405 e. The summed E-state index contributed by atoms with van der Waals surface area (Å²) in [6, 6.07) is 31.9. The monoisotopic (exact) mass is 613 g/mol. The number of rotatable bonds is 11. The second-order valence-electron chi connectivity index (χ2n) is 11.5. The van der Waals surface area contributed by atoms with Crippen molar-refractivity contribution < 1.29 is 0 Å². The molecule has 0 radical (unpaired) electrons. The standard InChI is InChI=1S/C44H43N3/c1-6-33(26-27-45)16-12-15-21-42(46)39-24-25-41(35(8-3)28-39)44-32(5)31(4)43(47(44)40-19-10-9-11-20-40)30-34(7-2)38-23-22-36-17-13-14-18-37(36)29-38/h6-15,17-30H,2-3,16,45-46H2,1,4-5H3/b15-12-,27-26-,33-6-,34-30+,42-21-. The van der Waals surface area contributed by atoms with Crippen LogP contribution in [0.15, 0.2) is 152 Å². The molecule has 5 rings (SSSR count). The van der Waals surface area contributed by atoms with E-state index in [0.29, 0.717) is 5.70 Å². The fourth-order valence-corrected chi connectivity index (χ4v) is 5.95. The van der Waals surface area contributed by atoms with Crippen LogP contribution >= 0.6 is 0 Å². The Labute approximate surface area is 279 Å². The number of nitrogens with two attached hydrogens (primary N) is 2. The minimum atomic E-state index is 0.688. The second kappa shape index (κ2) is 15.0. The first-order valence-corrected chi connectivity index (χ1v) is 15.9. The summed E-state index contributed by atoms with van der Waals surface area (Å²) < 4.78 is 2.35. The zero-order chi connectivity index (χ0) is 33.3. The lowest BCUT2D eigenvalue weighted by Gasteiger charge is -2.17. The van der Waals surface area contributed by atoms with Gasteiger partial charge in [-0.05, 0) is 126 Å². The van der Waals surface area contributed by atoms with Crippen molar-refractivity contribution in [2.75, 3.05) is 0 Å². The Kier molecular flexibility index (Phi) is 10.4. The maximum atomic E-state index is 6.56. The van der Waals surface area contributed by atoms with Crippen LogP contribution in [0.4, 0.5) is 0 Å². The summed E-state index contributed by atoms with van der Waals surface area (Å²) >= 11 is 0. The highest BCUT2D eigenvalue weighted by Gasteiger charge is 2.21. The molecule has 4 aromatic carbocycles. The fourth-order valence-electron chi connectivity index (χ4n) is 5.95. The molecule has 4 N–H and O–H groups in total. The van der Waals surface area contributed by atoms with Crippen molar-refractivity contribution in [3.8, 4) is 16.9 Å². The summed E-state index contributed by atoms with van der Waals surface area (Å²) in [4.78, 5) is 0. The van der Waals surface area contributed by atoms with E-state index in [4.69, 9.17) is 11.5 Å². The minimum Gasteiger partial charge on any atom is -0.405 e. The van der Waals surface area contributed by atoms with E-state index in [1.54, 1.807) is 6.20 Å². The molecule has 0 bridgehead atoms. The van der Waals surface area contributed by atoms with E-state index in [9.17, 15) is 0 Å². The molecule has 0 aliphatic heterocycles. The average Bonchev–Trinajstić information content (AvgIpc) is 3.36. The number of fused-ring (bicyclic) bond motifs is 1. The molecule has 0 aliphatic rings. The molecule has 3 nitrogen and oxygen atoms in total. The van der Waals surface area contributed by atoms with Crippen LogP contribution in [-0.2, 0) is 0 Å². The number of aromatic nitrogens is 1. The van der Waals surface area contributed by atoms with Crippen molar-refractivity contribution in [3.63, 3.8) is 0 Å². The van der Waals surface area contributed by atoms with Crippen molar-refractivity contribution in [1.82, 2.24) is 4.57 Å². The van der Waals surface area contributed by atoms with E-state index in [2.05, 4.69) is 129 Å². The molecule has 1 heterocycles. The normalized spacial score (nSPS) is 12.8. The van der Waals surface area contributed by atoms with Crippen LogP contribution in [0.2, 0.25) is 0 Å². The number of allylic oxidation sites excluding steroid dienone is 8. The van der Waals surface area contributed by atoms with Crippen LogP contribution in [0, 0.1) is 13.8 Å². The highest BCUT2D eigenvalue weighted by atomic mass is 15.0. The van der Waals surface area contributed by atoms with Crippen molar-refractivity contribution in [2.45, 2.75) is 27.2 Å². The summed E-state index contributed by atoms with van der Waals surface area (Å²) in [6.07, 6.45) is 18.4. The van der Waals surface area contributed by atoms with Gasteiger partial charge in [0.25, 0.3) is 0 Å². The Bertz CT molecular complexity index is 2080. The molecule has 5 aromatic rings. The number of hydrogen-bond donors (Lipinski definition) is 2. The van der Waals surface area contributed by atoms with Crippen LogP contribution < -0.4 is 11.5 Å². The van der Waals surface area contributed by atoms with Gasteiger partial charge in [0.05, 0.1) is 11.4 Å². The predicted octanol–water partition coefficient (Wildman–Crippen LogP) is 10.9. The molecular formula is C44H43N3. The lowest BCUT2D eigenvalue weighted by molar-refractivity contribution is 1.06. The zero-order valence-electron chi connectivity index (χ0n) is 27.6. The Hall–Kier alpha value is -5.80. The molecule has 234 valence electrons. The number of benzene rings is 4. The quantitative estimate of drug-likeness (QED) is 0.146. The van der Waals surface area contributed by atoms with Gasteiger partial charge in [0.1, 0.15) is 0 Å². The molecule has 3 heteroatoms. The topological polar surface area (TPSA) is 57.0 Å². The predicted molar refractivity (Wildman–Crippen MR) is 206 cm³/mol. The van der Waals surface area contributed by atoms with E-state index in [1.165, 1.54) is 21.9 Å². The number of nitrogens with zero attached hydrogens (tertiary/aromatic N) is 1. The van der Waals surface area contributed by atoms with Gasteiger partial charge in [-0.1, -0.05) is 110 Å². The number of para-hydroxylation sites is 1. The molecule has 1 aromatic heterocycles. The highest BCUT2D eigenvalue weighted by Crippen LogP contribution is 2.38. The van der Waals surface area contributed by atoms with E-state index in [-0.39, 0.29) is 0 Å². The van der Waals surface area contributed by atoms with Crippen LogP contribution in [0.5, 0.6) is 0 Å². The van der Waals surface area contributed by atoms with Gasteiger partial charge < -0.3 is 16.0 Å². The summed E-state index contributed by atoms with van der Waals surface area (Å²) in [5.74, 6) is 0. The Morgan fingerprint density at radius 3 is 2.26 bits per heavy atom. The third-order valence-corrected chi connectivity index (χ3v) is 8.68.